The quantitative estimate of drug-likeness (QED) is 0.873. The van der Waals surface area contributed by atoms with Crippen LogP contribution in [0.1, 0.15) is 5.56 Å². The van der Waals surface area contributed by atoms with Crippen molar-refractivity contribution >= 4 is 11.7 Å². The van der Waals surface area contributed by atoms with Gasteiger partial charge in [-0.2, -0.15) is 0 Å². The van der Waals surface area contributed by atoms with Gasteiger partial charge in [0, 0.05) is 19.3 Å². The Morgan fingerprint density at radius 1 is 1.04 bits per heavy atom. The molecule has 0 aliphatic rings. The maximum absolute atomic E-state index is 12.1. The molecule has 0 bridgehead atoms. The van der Waals surface area contributed by atoms with Gasteiger partial charge in [-0.05, 0) is 42.0 Å². The van der Waals surface area contributed by atoms with Crippen molar-refractivity contribution in [2.75, 3.05) is 19.5 Å². The van der Waals surface area contributed by atoms with Crippen molar-refractivity contribution in [1.82, 2.24) is 4.90 Å². The standard InChI is InChI=1S/C17H17F3N2O3/c1-22(16(23)21-13-5-9-14(24-2)10-6-13)11-12-3-7-15(8-4-12)25-17(18,19)20/h3-10H,11H2,1-2H3,(H,21,23). The number of carbonyl (C=O) groups excluding carboxylic acids is 1. The maximum Gasteiger partial charge on any atom is 0.573 e. The van der Waals surface area contributed by atoms with Gasteiger partial charge in [0.15, 0.2) is 0 Å². The van der Waals surface area contributed by atoms with Crippen molar-refractivity contribution in [3.8, 4) is 11.5 Å². The van der Waals surface area contributed by atoms with E-state index >= 15 is 0 Å². The Bertz CT molecular complexity index is 701. The first kappa shape index (κ1) is 18.4. The summed E-state index contributed by atoms with van der Waals surface area (Å²) in [5, 5.41) is 2.71. The summed E-state index contributed by atoms with van der Waals surface area (Å²) in [6.07, 6.45) is -4.73. The summed E-state index contributed by atoms with van der Waals surface area (Å²) in [6, 6.07) is 11.8. The molecular weight excluding hydrogens is 337 g/mol. The fraction of sp³-hybridized carbons (Fsp3) is 0.235. The normalized spacial score (nSPS) is 10.9. The molecule has 0 aliphatic heterocycles. The number of carbonyl (C=O) groups is 1. The van der Waals surface area contributed by atoms with Crippen LogP contribution in [-0.4, -0.2) is 31.5 Å². The number of anilines is 1. The zero-order valence-corrected chi connectivity index (χ0v) is 13.6. The Hall–Kier alpha value is -2.90. The summed E-state index contributed by atoms with van der Waals surface area (Å²) >= 11 is 0. The van der Waals surface area contributed by atoms with Gasteiger partial charge >= 0.3 is 12.4 Å². The lowest BCUT2D eigenvalue weighted by Crippen LogP contribution is -2.30. The molecule has 25 heavy (non-hydrogen) atoms. The molecule has 2 aromatic rings. The fourth-order valence-corrected chi connectivity index (χ4v) is 2.04. The van der Waals surface area contributed by atoms with Gasteiger partial charge in [-0.1, -0.05) is 12.1 Å². The van der Waals surface area contributed by atoms with Crippen LogP contribution in [-0.2, 0) is 6.54 Å². The molecule has 5 nitrogen and oxygen atoms in total. The number of rotatable bonds is 5. The zero-order chi connectivity index (χ0) is 18.4. The molecule has 8 heteroatoms. The minimum Gasteiger partial charge on any atom is -0.497 e. The summed E-state index contributed by atoms with van der Waals surface area (Å²) in [6.45, 7) is 0.230. The molecule has 0 saturated carbocycles. The topological polar surface area (TPSA) is 50.8 Å². The lowest BCUT2D eigenvalue weighted by molar-refractivity contribution is -0.274. The van der Waals surface area contributed by atoms with E-state index in [4.69, 9.17) is 4.74 Å². The number of benzene rings is 2. The number of nitrogens with one attached hydrogen (secondary N) is 1. The van der Waals surface area contributed by atoms with Crippen molar-refractivity contribution in [1.29, 1.82) is 0 Å². The molecule has 0 radical (unpaired) electrons. The van der Waals surface area contributed by atoms with E-state index in [9.17, 15) is 18.0 Å². The third kappa shape index (κ3) is 5.91. The molecule has 0 spiro atoms. The average molecular weight is 354 g/mol. The number of nitrogens with zero attached hydrogens (tertiary/aromatic N) is 1. The smallest absolute Gasteiger partial charge is 0.497 e. The van der Waals surface area contributed by atoms with Gasteiger partial charge in [0.25, 0.3) is 0 Å². The number of hydrogen-bond acceptors (Lipinski definition) is 3. The maximum atomic E-state index is 12.1. The SMILES string of the molecule is COc1ccc(NC(=O)N(C)Cc2ccc(OC(F)(F)F)cc2)cc1. The molecule has 0 atom stereocenters. The van der Waals surface area contributed by atoms with Crippen molar-refractivity contribution in [3.05, 3.63) is 54.1 Å². The Kier molecular flexibility index (Phi) is 5.74. The average Bonchev–Trinajstić information content (AvgIpc) is 2.56. The second-order valence-corrected chi connectivity index (χ2v) is 5.21. The summed E-state index contributed by atoms with van der Waals surface area (Å²) in [5.74, 6) is 0.370. The second kappa shape index (κ2) is 7.78. The van der Waals surface area contributed by atoms with Crippen molar-refractivity contribution in [2.24, 2.45) is 0 Å². The van der Waals surface area contributed by atoms with Crippen LogP contribution in [0.4, 0.5) is 23.7 Å². The van der Waals surface area contributed by atoms with Gasteiger partial charge in [-0.3, -0.25) is 0 Å². The number of urea groups is 1. The van der Waals surface area contributed by atoms with E-state index in [2.05, 4.69) is 10.1 Å². The third-order valence-corrected chi connectivity index (χ3v) is 3.26. The number of methoxy groups -OCH3 is 1. The van der Waals surface area contributed by atoms with Crippen molar-refractivity contribution in [3.63, 3.8) is 0 Å². The van der Waals surface area contributed by atoms with Crippen LogP contribution in [0.25, 0.3) is 0 Å². The number of hydrogen-bond donors (Lipinski definition) is 1. The van der Waals surface area contributed by atoms with E-state index in [-0.39, 0.29) is 18.3 Å². The summed E-state index contributed by atoms with van der Waals surface area (Å²) in [4.78, 5) is 13.5. The third-order valence-electron chi connectivity index (χ3n) is 3.26. The second-order valence-electron chi connectivity index (χ2n) is 5.21. The van der Waals surface area contributed by atoms with Crippen LogP contribution in [0.5, 0.6) is 11.5 Å². The molecule has 2 rings (SSSR count). The first-order valence-electron chi connectivity index (χ1n) is 7.28. The minimum absolute atomic E-state index is 0.230. The van der Waals surface area contributed by atoms with Gasteiger partial charge in [0.2, 0.25) is 0 Å². The number of amides is 2. The Labute approximate surface area is 143 Å². The molecule has 0 aliphatic carbocycles. The first-order chi connectivity index (χ1) is 11.8. The van der Waals surface area contributed by atoms with Gasteiger partial charge < -0.3 is 19.7 Å². The zero-order valence-electron chi connectivity index (χ0n) is 13.6. The predicted octanol–water partition coefficient (Wildman–Crippen LogP) is 4.26. The molecule has 0 heterocycles. The minimum atomic E-state index is -4.73. The van der Waals surface area contributed by atoms with E-state index in [1.165, 1.54) is 29.2 Å². The Balaban J connectivity index is 1.91. The highest BCUT2D eigenvalue weighted by Crippen LogP contribution is 2.23. The highest BCUT2D eigenvalue weighted by Gasteiger charge is 2.30. The summed E-state index contributed by atoms with van der Waals surface area (Å²) < 4.78 is 45.2. The first-order valence-corrected chi connectivity index (χ1v) is 7.28. The van der Waals surface area contributed by atoms with E-state index in [0.29, 0.717) is 17.0 Å². The number of alkyl halides is 3. The van der Waals surface area contributed by atoms with E-state index in [1.54, 1.807) is 38.4 Å². The highest BCUT2D eigenvalue weighted by atomic mass is 19.4. The Morgan fingerprint density at radius 2 is 1.60 bits per heavy atom. The molecule has 0 aromatic heterocycles. The van der Waals surface area contributed by atoms with Crippen LogP contribution < -0.4 is 14.8 Å². The molecule has 0 unspecified atom stereocenters. The molecule has 0 saturated heterocycles. The molecule has 134 valence electrons. The van der Waals surface area contributed by atoms with Crippen LogP contribution in [0.2, 0.25) is 0 Å². The van der Waals surface area contributed by atoms with Crippen LogP contribution in [0.3, 0.4) is 0 Å². The van der Waals surface area contributed by atoms with Crippen LogP contribution in [0.15, 0.2) is 48.5 Å². The predicted molar refractivity (Wildman–Crippen MR) is 86.6 cm³/mol. The molecule has 2 aromatic carbocycles. The lowest BCUT2D eigenvalue weighted by atomic mass is 10.2. The number of halogens is 3. The fourth-order valence-electron chi connectivity index (χ4n) is 2.04. The van der Waals surface area contributed by atoms with Gasteiger partial charge in [0.05, 0.1) is 7.11 Å². The molecular formula is C17H17F3N2O3. The van der Waals surface area contributed by atoms with E-state index in [1.807, 2.05) is 0 Å². The summed E-state index contributed by atoms with van der Waals surface area (Å²) in [7, 11) is 3.13. The van der Waals surface area contributed by atoms with E-state index in [0.717, 1.165) is 0 Å². The molecule has 2 amide bonds. The molecule has 1 N–H and O–H groups in total. The monoisotopic (exact) mass is 354 g/mol. The van der Waals surface area contributed by atoms with Crippen LogP contribution >= 0.6 is 0 Å². The largest absolute Gasteiger partial charge is 0.573 e. The van der Waals surface area contributed by atoms with Crippen LogP contribution in [0, 0.1) is 0 Å². The van der Waals surface area contributed by atoms with Gasteiger partial charge in [-0.15, -0.1) is 13.2 Å². The highest BCUT2D eigenvalue weighted by molar-refractivity contribution is 5.89. The van der Waals surface area contributed by atoms with Crippen molar-refractivity contribution in [2.45, 2.75) is 12.9 Å². The number of ether oxygens (including phenoxy) is 2. The van der Waals surface area contributed by atoms with Crippen molar-refractivity contribution < 1.29 is 27.4 Å². The van der Waals surface area contributed by atoms with Gasteiger partial charge in [0.1, 0.15) is 11.5 Å². The summed E-state index contributed by atoms with van der Waals surface area (Å²) in [5.41, 5.74) is 1.27. The van der Waals surface area contributed by atoms with Gasteiger partial charge in [-0.25, -0.2) is 4.79 Å². The van der Waals surface area contributed by atoms with E-state index < -0.39 is 6.36 Å². The molecule has 0 fully saturated rings. The Morgan fingerprint density at radius 3 is 2.12 bits per heavy atom. The lowest BCUT2D eigenvalue weighted by Gasteiger charge is -2.18.